The van der Waals surface area contributed by atoms with Crippen molar-refractivity contribution in [3.63, 3.8) is 0 Å². The summed E-state index contributed by atoms with van der Waals surface area (Å²) >= 11 is 1.37. The molecule has 0 spiro atoms. The fraction of sp³-hybridized carbons (Fsp3) is 0.240. The highest BCUT2D eigenvalue weighted by atomic mass is 32.1. The van der Waals surface area contributed by atoms with Crippen molar-refractivity contribution in [1.82, 2.24) is 4.98 Å². The summed E-state index contributed by atoms with van der Waals surface area (Å²) in [5, 5.41) is 13.5. The number of aryl methyl sites for hydroxylation is 1. The van der Waals surface area contributed by atoms with E-state index in [1.807, 2.05) is 41.8 Å². The van der Waals surface area contributed by atoms with Crippen LogP contribution in [0.5, 0.6) is 5.75 Å². The van der Waals surface area contributed by atoms with E-state index < -0.39 is 5.63 Å². The van der Waals surface area contributed by atoms with Gasteiger partial charge in [0.15, 0.2) is 0 Å². The third kappa shape index (κ3) is 5.09. The van der Waals surface area contributed by atoms with Crippen molar-refractivity contribution in [3.05, 3.63) is 75.5 Å². The number of aliphatic imine (C=N–C) groups is 1. The van der Waals surface area contributed by atoms with Crippen LogP contribution in [0.25, 0.3) is 22.2 Å². The van der Waals surface area contributed by atoms with Gasteiger partial charge >= 0.3 is 5.63 Å². The number of aromatic hydroxyl groups is 1. The molecule has 0 saturated carbocycles. The summed E-state index contributed by atoms with van der Waals surface area (Å²) in [5.41, 5.74) is 2.68. The van der Waals surface area contributed by atoms with Gasteiger partial charge in [0.05, 0.1) is 11.3 Å². The zero-order chi connectivity index (χ0) is 21.6. The van der Waals surface area contributed by atoms with Gasteiger partial charge < -0.3 is 9.52 Å². The van der Waals surface area contributed by atoms with Gasteiger partial charge in [-0.2, -0.15) is 0 Å². The fourth-order valence-corrected chi connectivity index (χ4v) is 4.10. The lowest BCUT2D eigenvalue weighted by Gasteiger charge is -2.07. The van der Waals surface area contributed by atoms with Gasteiger partial charge in [-0.1, -0.05) is 56.5 Å². The number of aromatic nitrogens is 1. The minimum atomic E-state index is -0.480. The summed E-state index contributed by atoms with van der Waals surface area (Å²) in [4.78, 5) is 21.4. The summed E-state index contributed by atoms with van der Waals surface area (Å²) < 4.78 is 5.48. The molecule has 0 unspecified atom stereocenters. The summed E-state index contributed by atoms with van der Waals surface area (Å²) in [6.07, 6.45) is 7.06. The molecule has 2 heterocycles. The van der Waals surface area contributed by atoms with Crippen LogP contribution in [0.15, 0.2) is 68.1 Å². The molecule has 0 radical (unpaired) electrons. The van der Waals surface area contributed by atoms with Crippen molar-refractivity contribution in [1.29, 1.82) is 0 Å². The topological polar surface area (TPSA) is 75.7 Å². The maximum Gasteiger partial charge on any atom is 0.345 e. The molecule has 2 aromatic heterocycles. The van der Waals surface area contributed by atoms with E-state index in [0.29, 0.717) is 22.0 Å². The maximum absolute atomic E-state index is 12.5. The van der Waals surface area contributed by atoms with Crippen LogP contribution in [0, 0.1) is 0 Å². The molecule has 0 aliphatic rings. The number of phenolic OH excluding ortho intramolecular Hbond substituents is 1. The van der Waals surface area contributed by atoms with Gasteiger partial charge in [0.25, 0.3) is 0 Å². The molecule has 1 N–H and O–H groups in total. The van der Waals surface area contributed by atoms with Crippen LogP contribution >= 0.6 is 11.3 Å². The number of unbranched alkanes of at least 4 members (excludes halogenated alkanes) is 3. The van der Waals surface area contributed by atoms with Crippen molar-refractivity contribution in [3.8, 4) is 17.0 Å². The van der Waals surface area contributed by atoms with Crippen LogP contribution in [-0.4, -0.2) is 16.3 Å². The third-order valence-electron chi connectivity index (χ3n) is 5.12. The third-order valence-corrected chi connectivity index (χ3v) is 5.87. The van der Waals surface area contributed by atoms with E-state index in [4.69, 9.17) is 4.42 Å². The second-order valence-electron chi connectivity index (χ2n) is 7.46. The predicted octanol–water partition coefficient (Wildman–Crippen LogP) is 6.50. The lowest BCUT2D eigenvalue weighted by Crippen LogP contribution is -2.03. The average molecular weight is 433 g/mol. The summed E-state index contributed by atoms with van der Waals surface area (Å²) in [5.74, 6) is 0.172. The lowest BCUT2D eigenvalue weighted by atomic mass is 10.0. The number of fused-ring (bicyclic) bond motifs is 1. The normalized spacial score (nSPS) is 11.5. The quantitative estimate of drug-likeness (QED) is 0.196. The molecule has 2 aromatic carbocycles. The average Bonchev–Trinajstić information content (AvgIpc) is 3.25. The minimum absolute atomic E-state index is 0.172. The molecule has 6 heteroatoms. The highest BCUT2D eigenvalue weighted by molar-refractivity contribution is 7.13. The Bertz CT molecular complexity index is 1260. The molecule has 31 heavy (non-hydrogen) atoms. The second-order valence-corrected chi connectivity index (χ2v) is 8.30. The van der Waals surface area contributed by atoms with Gasteiger partial charge in [0, 0.05) is 23.0 Å². The van der Waals surface area contributed by atoms with E-state index in [0.717, 1.165) is 35.8 Å². The first-order valence-electron chi connectivity index (χ1n) is 10.5. The van der Waals surface area contributed by atoms with Gasteiger partial charge in [-0.15, -0.1) is 11.3 Å². The molecule has 0 amide bonds. The van der Waals surface area contributed by atoms with Gasteiger partial charge in [0.1, 0.15) is 11.3 Å². The zero-order valence-corrected chi connectivity index (χ0v) is 18.2. The summed E-state index contributed by atoms with van der Waals surface area (Å²) in [6.45, 7) is 2.17. The molecule has 4 rings (SSSR count). The Kier molecular flexibility index (Phi) is 6.57. The molecule has 0 atom stereocenters. The number of hydrogen-bond donors (Lipinski definition) is 1. The highest BCUT2D eigenvalue weighted by Crippen LogP contribution is 2.30. The molecule has 4 aromatic rings. The van der Waals surface area contributed by atoms with Crippen LogP contribution in [-0.2, 0) is 6.42 Å². The summed E-state index contributed by atoms with van der Waals surface area (Å²) in [7, 11) is 0. The maximum atomic E-state index is 12.5. The molecular weight excluding hydrogens is 408 g/mol. The Morgan fingerprint density at radius 1 is 1.13 bits per heavy atom. The largest absolute Gasteiger partial charge is 0.508 e. The minimum Gasteiger partial charge on any atom is -0.508 e. The van der Waals surface area contributed by atoms with Gasteiger partial charge in [0.2, 0.25) is 5.13 Å². The standard InChI is InChI=1S/C25H24N2O3S/c1-2-3-4-8-11-18-12-19-13-20(24(29)30-23(19)14-22(18)28)21-16-31-25(27-21)26-15-17-9-6-5-7-10-17/h5-7,9-10,12-16,28H,2-4,8,11H2,1H3/b26-15+. The van der Waals surface area contributed by atoms with E-state index in [2.05, 4.69) is 16.9 Å². The SMILES string of the molecule is CCCCCCc1cc2cc(-c3csc(/N=C/c4ccccc4)n3)c(=O)oc2cc1O. The highest BCUT2D eigenvalue weighted by Gasteiger charge is 2.13. The predicted molar refractivity (Wildman–Crippen MR) is 127 cm³/mol. The Balaban J connectivity index is 1.61. The number of benzene rings is 2. The van der Waals surface area contributed by atoms with Crippen LogP contribution < -0.4 is 5.63 Å². The van der Waals surface area contributed by atoms with Crippen molar-refractivity contribution in [2.45, 2.75) is 39.0 Å². The van der Waals surface area contributed by atoms with Gasteiger partial charge in [-0.05, 0) is 36.1 Å². The van der Waals surface area contributed by atoms with E-state index in [1.54, 1.807) is 12.3 Å². The van der Waals surface area contributed by atoms with Crippen LogP contribution in [0.1, 0.15) is 43.7 Å². The molecule has 158 valence electrons. The number of rotatable bonds is 8. The molecule has 0 bridgehead atoms. The number of nitrogens with zero attached hydrogens (tertiary/aromatic N) is 2. The molecule has 0 aliphatic carbocycles. The Morgan fingerprint density at radius 3 is 2.77 bits per heavy atom. The first kappa shape index (κ1) is 21.0. The Hall–Kier alpha value is -3.25. The molecule has 5 nitrogen and oxygen atoms in total. The van der Waals surface area contributed by atoms with E-state index in [1.165, 1.54) is 30.2 Å². The van der Waals surface area contributed by atoms with Crippen LogP contribution in [0.4, 0.5) is 5.13 Å². The first-order chi connectivity index (χ1) is 15.1. The van der Waals surface area contributed by atoms with Crippen molar-refractivity contribution in [2.75, 3.05) is 0 Å². The first-order valence-corrected chi connectivity index (χ1v) is 11.4. The number of phenols is 1. The van der Waals surface area contributed by atoms with Crippen LogP contribution in [0.3, 0.4) is 0 Å². The van der Waals surface area contributed by atoms with Crippen LogP contribution in [0.2, 0.25) is 0 Å². The zero-order valence-electron chi connectivity index (χ0n) is 17.4. The van der Waals surface area contributed by atoms with Gasteiger partial charge in [-0.25, -0.2) is 14.8 Å². The Morgan fingerprint density at radius 2 is 1.97 bits per heavy atom. The Labute approximate surface area is 184 Å². The smallest absolute Gasteiger partial charge is 0.345 e. The van der Waals surface area contributed by atoms with E-state index in [-0.39, 0.29) is 5.75 Å². The number of hydrogen-bond acceptors (Lipinski definition) is 6. The van der Waals surface area contributed by atoms with E-state index in [9.17, 15) is 9.90 Å². The molecule has 0 aliphatic heterocycles. The fourth-order valence-electron chi connectivity index (χ4n) is 3.44. The molecule has 0 saturated heterocycles. The van der Waals surface area contributed by atoms with Gasteiger partial charge in [-0.3, -0.25) is 0 Å². The summed E-state index contributed by atoms with van der Waals surface area (Å²) in [6, 6.07) is 15.0. The number of thiazole rings is 1. The second kappa shape index (κ2) is 9.71. The van der Waals surface area contributed by atoms with E-state index >= 15 is 0 Å². The molecule has 0 fully saturated rings. The van der Waals surface area contributed by atoms with Crippen molar-refractivity contribution >= 4 is 33.7 Å². The monoisotopic (exact) mass is 432 g/mol. The van der Waals surface area contributed by atoms with Crippen molar-refractivity contribution < 1.29 is 9.52 Å². The van der Waals surface area contributed by atoms with Crippen molar-refractivity contribution in [2.24, 2.45) is 4.99 Å². The molecular formula is C25H24N2O3S. The lowest BCUT2D eigenvalue weighted by molar-refractivity contribution is 0.464.